The van der Waals surface area contributed by atoms with Crippen molar-refractivity contribution in [1.82, 2.24) is 9.78 Å². The van der Waals surface area contributed by atoms with Crippen LogP contribution in [-0.4, -0.2) is 9.78 Å². The van der Waals surface area contributed by atoms with Gasteiger partial charge in [0.25, 0.3) is 0 Å². The van der Waals surface area contributed by atoms with E-state index in [9.17, 15) is 0 Å². The van der Waals surface area contributed by atoms with Crippen LogP contribution < -0.4 is 5.73 Å². The number of nitrogen functional groups attached to an aromatic ring is 1. The fourth-order valence-electron chi connectivity index (χ4n) is 2.27. The van der Waals surface area contributed by atoms with Gasteiger partial charge in [-0.05, 0) is 30.7 Å². The second-order valence-corrected chi connectivity index (χ2v) is 5.63. The molecule has 0 spiro atoms. The number of rotatable bonds is 2. The summed E-state index contributed by atoms with van der Waals surface area (Å²) in [7, 11) is 1.78. The van der Waals surface area contributed by atoms with Gasteiger partial charge in [-0.15, -0.1) is 0 Å². The maximum absolute atomic E-state index is 6.31. The lowest BCUT2D eigenvalue weighted by Crippen LogP contribution is -1.98. The van der Waals surface area contributed by atoms with Crippen LogP contribution in [0.5, 0.6) is 0 Å². The molecule has 0 aliphatic heterocycles. The third kappa shape index (κ3) is 2.30. The van der Waals surface area contributed by atoms with E-state index in [4.69, 9.17) is 33.4 Å². The molecule has 0 bridgehead atoms. The summed E-state index contributed by atoms with van der Waals surface area (Å²) < 4.78 is 7.15. The summed E-state index contributed by atoms with van der Waals surface area (Å²) in [5.41, 5.74) is 9.34. The summed E-state index contributed by atoms with van der Waals surface area (Å²) in [6.45, 7) is 1.96. The van der Waals surface area contributed by atoms with Crippen LogP contribution >= 0.6 is 23.2 Å². The first kappa shape index (κ1) is 14.0. The SMILES string of the molecule is Cc1ccoc1-c1nn(C)c(N)c1-c1ccc(Cl)cc1Cl. The molecule has 2 aromatic heterocycles. The zero-order chi connectivity index (χ0) is 15.1. The molecule has 1 aromatic carbocycles. The lowest BCUT2D eigenvalue weighted by molar-refractivity contribution is 0.576. The topological polar surface area (TPSA) is 57.0 Å². The Morgan fingerprint density at radius 2 is 2.00 bits per heavy atom. The molecule has 6 heteroatoms. The van der Waals surface area contributed by atoms with Gasteiger partial charge in [0.2, 0.25) is 0 Å². The van der Waals surface area contributed by atoms with Crippen molar-refractivity contribution < 1.29 is 4.42 Å². The molecule has 108 valence electrons. The van der Waals surface area contributed by atoms with E-state index in [0.717, 1.165) is 16.7 Å². The highest BCUT2D eigenvalue weighted by Gasteiger charge is 2.22. The molecule has 2 N–H and O–H groups in total. The Hall–Kier alpha value is -1.91. The van der Waals surface area contributed by atoms with E-state index < -0.39 is 0 Å². The molecule has 0 saturated carbocycles. The highest BCUT2D eigenvalue weighted by molar-refractivity contribution is 6.36. The quantitative estimate of drug-likeness (QED) is 0.753. The summed E-state index contributed by atoms with van der Waals surface area (Å²) >= 11 is 12.3. The van der Waals surface area contributed by atoms with Crippen molar-refractivity contribution in [3.63, 3.8) is 0 Å². The van der Waals surface area contributed by atoms with Crippen LogP contribution in [0.25, 0.3) is 22.6 Å². The van der Waals surface area contributed by atoms with E-state index in [0.29, 0.717) is 27.3 Å². The van der Waals surface area contributed by atoms with E-state index in [1.165, 1.54) is 0 Å². The van der Waals surface area contributed by atoms with E-state index in [1.54, 1.807) is 30.1 Å². The minimum atomic E-state index is 0.519. The van der Waals surface area contributed by atoms with Crippen molar-refractivity contribution in [3.05, 3.63) is 46.1 Å². The standard InChI is InChI=1S/C15H13Cl2N3O/c1-8-5-6-21-14(8)13-12(15(18)20(2)19-13)10-4-3-9(16)7-11(10)17/h3-7H,18H2,1-2H3. The van der Waals surface area contributed by atoms with Crippen molar-refractivity contribution in [3.8, 4) is 22.6 Å². The van der Waals surface area contributed by atoms with Crippen LogP contribution in [0.1, 0.15) is 5.56 Å². The predicted molar refractivity (Wildman–Crippen MR) is 85.5 cm³/mol. The van der Waals surface area contributed by atoms with Gasteiger partial charge >= 0.3 is 0 Å². The molecular weight excluding hydrogens is 309 g/mol. The van der Waals surface area contributed by atoms with Gasteiger partial charge in [-0.25, -0.2) is 0 Å². The van der Waals surface area contributed by atoms with Gasteiger partial charge < -0.3 is 10.2 Å². The minimum absolute atomic E-state index is 0.519. The number of benzene rings is 1. The lowest BCUT2D eigenvalue weighted by atomic mass is 10.0. The number of hydrogen-bond acceptors (Lipinski definition) is 3. The Bertz CT molecular complexity index is 820. The highest BCUT2D eigenvalue weighted by atomic mass is 35.5. The normalized spacial score (nSPS) is 11.0. The van der Waals surface area contributed by atoms with Gasteiger partial charge in [0.05, 0.1) is 16.8 Å². The first-order chi connectivity index (χ1) is 9.99. The second-order valence-electron chi connectivity index (χ2n) is 4.79. The van der Waals surface area contributed by atoms with Crippen molar-refractivity contribution in [2.75, 3.05) is 5.73 Å². The van der Waals surface area contributed by atoms with Crippen LogP contribution in [0.4, 0.5) is 5.82 Å². The third-order valence-corrected chi connectivity index (χ3v) is 3.92. The van der Waals surface area contributed by atoms with Gasteiger partial charge in [-0.1, -0.05) is 29.3 Å². The van der Waals surface area contributed by atoms with Crippen molar-refractivity contribution in [2.24, 2.45) is 7.05 Å². The molecule has 0 radical (unpaired) electrons. The van der Waals surface area contributed by atoms with Crippen LogP contribution in [0.3, 0.4) is 0 Å². The number of anilines is 1. The molecule has 0 unspecified atom stereocenters. The monoisotopic (exact) mass is 321 g/mol. The van der Waals surface area contributed by atoms with Gasteiger partial charge in [-0.3, -0.25) is 4.68 Å². The first-order valence-electron chi connectivity index (χ1n) is 6.31. The highest BCUT2D eigenvalue weighted by Crippen LogP contribution is 2.41. The number of aromatic nitrogens is 2. The largest absolute Gasteiger partial charge is 0.462 e. The Labute approximate surface area is 132 Å². The molecule has 0 saturated heterocycles. The van der Waals surface area contributed by atoms with E-state index in [2.05, 4.69) is 5.10 Å². The molecule has 2 heterocycles. The molecule has 21 heavy (non-hydrogen) atoms. The molecular formula is C15H13Cl2N3O. The molecule has 0 aliphatic carbocycles. The minimum Gasteiger partial charge on any atom is -0.462 e. The summed E-state index contributed by atoms with van der Waals surface area (Å²) in [5.74, 6) is 1.20. The number of furan rings is 1. The summed E-state index contributed by atoms with van der Waals surface area (Å²) in [6.07, 6.45) is 1.63. The van der Waals surface area contributed by atoms with Crippen molar-refractivity contribution >= 4 is 29.0 Å². The molecule has 0 aliphatic rings. The Balaban J connectivity index is 2.30. The predicted octanol–water partition coefficient (Wildman–Crippen LogP) is 4.54. The Kier molecular flexibility index (Phi) is 3.43. The van der Waals surface area contributed by atoms with Gasteiger partial charge in [0.1, 0.15) is 11.5 Å². The summed E-state index contributed by atoms with van der Waals surface area (Å²) in [6, 6.07) is 7.17. The van der Waals surface area contributed by atoms with E-state index in [-0.39, 0.29) is 0 Å². The summed E-state index contributed by atoms with van der Waals surface area (Å²) in [4.78, 5) is 0. The number of nitrogens with two attached hydrogens (primary N) is 1. The number of aryl methyl sites for hydroxylation is 2. The lowest BCUT2D eigenvalue weighted by Gasteiger charge is -2.06. The van der Waals surface area contributed by atoms with Gasteiger partial charge in [0, 0.05) is 17.6 Å². The summed E-state index contributed by atoms with van der Waals surface area (Å²) in [5, 5.41) is 5.55. The molecule has 3 aromatic rings. The molecule has 0 amide bonds. The Morgan fingerprint density at radius 1 is 1.24 bits per heavy atom. The third-order valence-electron chi connectivity index (χ3n) is 3.37. The van der Waals surface area contributed by atoms with Gasteiger partial charge in [0.15, 0.2) is 5.76 Å². The van der Waals surface area contributed by atoms with Crippen molar-refractivity contribution in [1.29, 1.82) is 0 Å². The maximum Gasteiger partial charge on any atom is 0.157 e. The molecule has 3 rings (SSSR count). The zero-order valence-corrected chi connectivity index (χ0v) is 13.0. The van der Waals surface area contributed by atoms with E-state index >= 15 is 0 Å². The fraction of sp³-hybridized carbons (Fsp3) is 0.133. The maximum atomic E-state index is 6.31. The molecule has 4 nitrogen and oxygen atoms in total. The van der Waals surface area contributed by atoms with Crippen LogP contribution in [0.15, 0.2) is 34.9 Å². The second kappa shape index (κ2) is 5.13. The van der Waals surface area contributed by atoms with Gasteiger partial charge in [-0.2, -0.15) is 5.10 Å². The average molecular weight is 322 g/mol. The fourth-order valence-corrected chi connectivity index (χ4v) is 2.77. The van der Waals surface area contributed by atoms with E-state index in [1.807, 2.05) is 19.1 Å². The first-order valence-corrected chi connectivity index (χ1v) is 7.07. The van der Waals surface area contributed by atoms with Crippen LogP contribution in [0.2, 0.25) is 10.0 Å². The molecule has 0 atom stereocenters. The zero-order valence-electron chi connectivity index (χ0n) is 11.5. The average Bonchev–Trinajstić information content (AvgIpc) is 2.96. The van der Waals surface area contributed by atoms with Crippen LogP contribution in [-0.2, 0) is 7.05 Å². The number of hydrogen-bond donors (Lipinski definition) is 1. The Morgan fingerprint density at radius 3 is 2.62 bits per heavy atom. The van der Waals surface area contributed by atoms with Crippen LogP contribution in [0, 0.1) is 6.92 Å². The smallest absolute Gasteiger partial charge is 0.157 e. The molecule has 0 fully saturated rings. The number of nitrogens with zero attached hydrogens (tertiary/aromatic N) is 2. The van der Waals surface area contributed by atoms with Crippen molar-refractivity contribution in [2.45, 2.75) is 6.92 Å². The number of halogens is 2.